The van der Waals surface area contributed by atoms with E-state index in [2.05, 4.69) is 11.4 Å². The van der Waals surface area contributed by atoms with Crippen molar-refractivity contribution in [1.82, 2.24) is 10.2 Å². The van der Waals surface area contributed by atoms with Gasteiger partial charge in [-0.05, 0) is 70.2 Å². The van der Waals surface area contributed by atoms with Gasteiger partial charge in [0.15, 0.2) is 11.5 Å². The predicted octanol–water partition coefficient (Wildman–Crippen LogP) is 5.45. The van der Waals surface area contributed by atoms with E-state index in [0.717, 1.165) is 23.1 Å². The molecule has 0 aromatic heterocycles. The van der Waals surface area contributed by atoms with Gasteiger partial charge in [-0.3, -0.25) is 9.59 Å². The topological polar surface area (TPSA) is 67.9 Å². The number of hydrogen-bond donors (Lipinski definition) is 1. The minimum atomic E-state index is -0.517. The van der Waals surface area contributed by atoms with Crippen LogP contribution in [0.1, 0.15) is 70.6 Å². The van der Waals surface area contributed by atoms with Crippen LogP contribution in [0.4, 0.5) is 0 Å². The molecule has 0 aliphatic carbocycles. The maximum absolute atomic E-state index is 13.5. The number of amides is 2. The Morgan fingerprint density at radius 3 is 2.26 bits per heavy atom. The van der Waals surface area contributed by atoms with Crippen molar-refractivity contribution >= 4 is 11.8 Å². The van der Waals surface area contributed by atoms with Gasteiger partial charge >= 0.3 is 0 Å². The Bertz CT molecular complexity index is 959. The van der Waals surface area contributed by atoms with Crippen molar-refractivity contribution in [1.29, 1.82) is 0 Å². The van der Waals surface area contributed by atoms with Gasteiger partial charge in [-0.2, -0.15) is 0 Å². The van der Waals surface area contributed by atoms with Crippen LogP contribution in [0.2, 0.25) is 0 Å². The Labute approximate surface area is 211 Å². The Morgan fingerprint density at radius 2 is 1.63 bits per heavy atom. The number of nitrogens with one attached hydrogen (secondary N) is 1. The van der Waals surface area contributed by atoms with Gasteiger partial charge in [-0.25, -0.2) is 0 Å². The molecule has 0 saturated heterocycles. The molecule has 1 N–H and O–H groups in total. The molecule has 2 rings (SSSR count). The fourth-order valence-electron chi connectivity index (χ4n) is 4.01. The molecule has 6 heteroatoms. The smallest absolute Gasteiger partial charge is 0.243 e. The second-order valence-electron chi connectivity index (χ2n) is 8.90. The van der Waals surface area contributed by atoms with Crippen molar-refractivity contribution in [3.63, 3.8) is 0 Å². The molecule has 0 bridgehead atoms. The first-order valence-corrected chi connectivity index (χ1v) is 12.9. The standard InChI is InChI=1S/C29H42N2O4/c1-7-22(6)30-29(33)25(8-2)31(20-24-13-11-12-21(5)18-24)28(32)17-15-23-14-16-26(34-9-3)27(19-23)35-10-4/h11-14,16,18-19,22,25H,7-10,15,17,20H2,1-6H3,(H,30,33)/t22-,25-/m0/s1. The molecule has 0 aliphatic rings. The third-order valence-electron chi connectivity index (χ3n) is 6.06. The zero-order valence-electron chi connectivity index (χ0n) is 22.2. The lowest BCUT2D eigenvalue weighted by Gasteiger charge is -2.31. The molecule has 2 amide bonds. The monoisotopic (exact) mass is 482 g/mol. The largest absolute Gasteiger partial charge is 0.490 e. The molecule has 0 aliphatic heterocycles. The third kappa shape index (κ3) is 8.61. The average molecular weight is 483 g/mol. The molecule has 0 heterocycles. The van der Waals surface area contributed by atoms with E-state index in [1.54, 1.807) is 4.90 Å². The van der Waals surface area contributed by atoms with E-state index in [9.17, 15) is 9.59 Å². The lowest BCUT2D eigenvalue weighted by atomic mass is 10.0. The first-order chi connectivity index (χ1) is 16.8. The Kier molecular flexibility index (Phi) is 11.6. The fraction of sp³-hybridized carbons (Fsp3) is 0.517. The van der Waals surface area contributed by atoms with E-state index in [1.807, 2.05) is 77.9 Å². The summed E-state index contributed by atoms with van der Waals surface area (Å²) in [6.45, 7) is 13.4. The minimum absolute atomic E-state index is 0.0375. The highest BCUT2D eigenvalue weighted by Gasteiger charge is 2.29. The molecule has 0 fully saturated rings. The van der Waals surface area contributed by atoms with Crippen LogP contribution in [0.25, 0.3) is 0 Å². The average Bonchev–Trinajstić information content (AvgIpc) is 2.84. The van der Waals surface area contributed by atoms with Crippen molar-refractivity contribution in [3.05, 3.63) is 59.2 Å². The number of carbonyl (C=O) groups is 2. The van der Waals surface area contributed by atoms with E-state index < -0.39 is 6.04 Å². The quantitative estimate of drug-likeness (QED) is 0.389. The van der Waals surface area contributed by atoms with Crippen molar-refractivity contribution in [2.45, 2.75) is 85.9 Å². The fourth-order valence-corrected chi connectivity index (χ4v) is 4.01. The summed E-state index contributed by atoms with van der Waals surface area (Å²) in [5, 5.41) is 3.06. The van der Waals surface area contributed by atoms with Crippen molar-refractivity contribution in [2.75, 3.05) is 13.2 Å². The molecular weight excluding hydrogens is 440 g/mol. The maximum atomic E-state index is 13.5. The van der Waals surface area contributed by atoms with E-state index in [4.69, 9.17) is 9.47 Å². The molecular formula is C29H42N2O4. The van der Waals surface area contributed by atoms with Crippen molar-refractivity contribution in [3.8, 4) is 11.5 Å². The van der Waals surface area contributed by atoms with E-state index in [-0.39, 0.29) is 17.9 Å². The molecule has 2 aromatic carbocycles. The molecule has 0 saturated carbocycles. The molecule has 35 heavy (non-hydrogen) atoms. The van der Waals surface area contributed by atoms with Crippen molar-refractivity contribution in [2.24, 2.45) is 0 Å². The van der Waals surface area contributed by atoms with Gasteiger partial charge in [0.25, 0.3) is 0 Å². The van der Waals surface area contributed by atoms with Gasteiger partial charge in [0, 0.05) is 19.0 Å². The minimum Gasteiger partial charge on any atom is -0.490 e. The summed E-state index contributed by atoms with van der Waals surface area (Å²) in [4.78, 5) is 28.4. The second kappa shape index (κ2) is 14.4. The van der Waals surface area contributed by atoms with Crippen LogP contribution in [-0.4, -0.2) is 42.0 Å². The summed E-state index contributed by atoms with van der Waals surface area (Å²) in [7, 11) is 0. The second-order valence-corrected chi connectivity index (χ2v) is 8.90. The molecule has 2 atom stereocenters. The predicted molar refractivity (Wildman–Crippen MR) is 141 cm³/mol. The highest BCUT2D eigenvalue weighted by molar-refractivity contribution is 5.88. The Morgan fingerprint density at radius 1 is 0.914 bits per heavy atom. The SMILES string of the molecule is CCOc1ccc(CCC(=O)N(Cc2cccc(C)c2)[C@@H](CC)C(=O)N[C@@H](C)CC)cc1OCC. The van der Waals surface area contributed by atoms with Crippen molar-refractivity contribution < 1.29 is 19.1 Å². The first kappa shape index (κ1) is 28.2. The molecule has 192 valence electrons. The lowest BCUT2D eigenvalue weighted by Crippen LogP contribution is -2.50. The van der Waals surface area contributed by atoms with Crippen LogP contribution in [-0.2, 0) is 22.6 Å². The summed E-state index contributed by atoms with van der Waals surface area (Å²) < 4.78 is 11.4. The zero-order chi connectivity index (χ0) is 25.8. The zero-order valence-corrected chi connectivity index (χ0v) is 22.2. The highest BCUT2D eigenvalue weighted by Crippen LogP contribution is 2.29. The van der Waals surface area contributed by atoms with Gasteiger partial charge in [0.05, 0.1) is 13.2 Å². The number of ether oxygens (including phenoxy) is 2. The molecule has 0 spiro atoms. The molecule has 2 aromatic rings. The maximum Gasteiger partial charge on any atom is 0.243 e. The number of carbonyl (C=O) groups excluding carboxylic acids is 2. The lowest BCUT2D eigenvalue weighted by molar-refractivity contribution is -0.141. The summed E-state index contributed by atoms with van der Waals surface area (Å²) >= 11 is 0. The van der Waals surface area contributed by atoms with Crippen LogP contribution in [0, 0.1) is 6.92 Å². The highest BCUT2D eigenvalue weighted by atomic mass is 16.5. The number of nitrogens with zero attached hydrogens (tertiary/aromatic N) is 1. The van der Waals surface area contributed by atoms with Crippen LogP contribution in [0.15, 0.2) is 42.5 Å². The number of benzene rings is 2. The Balaban J connectivity index is 2.24. The Hall–Kier alpha value is -3.02. The summed E-state index contributed by atoms with van der Waals surface area (Å²) in [5.74, 6) is 1.26. The normalized spacial score (nSPS) is 12.5. The van der Waals surface area contributed by atoms with Crippen LogP contribution in [0.5, 0.6) is 11.5 Å². The summed E-state index contributed by atoms with van der Waals surface area (Å²) in [6, 6.07) is 13.5. The first-order valence-electron chi connectivity index (χ1n) is 12.9. The number of hydrogen-bond acceptors (Lipinski definition) is 4. The van der Waals surface area contributed by atoms with Crippen LogP contribution in [0.3, 0.4) is 0 Å². The van der Waals surface area contributed by atoms with Gasteiger partial charge < -0.3 is 19.7 Å². The van der Waals surface area contributed by atoms with Gasteiger partial charge in [-0.15, -0.1) is 0 Å². The van der Waals surface area contributed by atoms with Gasteiger partial charge in [0.1, 0.15) is 6.04 Å². The number of aryl methyl sites for hydroxylation is 2. The van der Waals surface area contributed by atoms with E-state index in [0.29, 0.717) is 50.5 Å². The van der Waals surface area contributed by atoms with Gasteiger partial charge in [-0.1, -0.05) is 49.7 Å². The van der Waals surface area contributed by atoms with E-state index >= 15 is 0 Å². The van der Waals surface area contributed by atoms with Gasteiger partial charge in [0.2, 0.25) is 11.8 Å². The summed E-state index contributed by atoms with van der Waals surface area (Å²) in [6.07, 6.45) is 2.25. The number of rotatable bonds is 14. The molecule has 0 radical (unpaired) electrons. The molecule has 0 unspecified atom stereocenters. The van der Waals surface area contributed by atoms with E-state index in [1.165, 1.54) is 0 Å². The van der Waals surface area contributed by atoms with Crippen LogP contribution < -0.4 is 14.8 Å². The van der Waals surface area contributed by atoms with Crippen LogP contribution >= 0.6 is 0 Å². The summed E-state index contributed by atoms with van der Waals surface area (Å²) in [5.41, 5.74) is 3.15. The third-order valence-corrected chi connectivity index (χ3v) is 6.06. The molecule has 6 nitrogen and oxygen atoms in total.